The van der Waals surface area contributed by atoms with E-state index in [1.165, 1.54) is 25.6 Å². The summed E-state index contributed by atoms with van der Waals surface area (Å²) in [5, 5.41) is 2.76. The Balaban J connectivity index is 2.53. The number of anilines is 1. The van der Waals surface area contributed by atoms with Gasteiger partial charge >= 0.3 is 6.18 Å². The number of aromatic nitrogens is 3. The molecular weight excluding hydrogens is 285 g/mol. The summed E-state index contributed by atoms with van der Waals surface area (Å²) >= 11 is 0. The van der Waals surface area contributed by atoms with Crippen LogP contribution in [-0.2, 0) is 6.18 Å². The fourth-order valence-corrected chi connectivity index (χ4v) is 1.66. The van der Waals surface area contributed by atoms with Gasteiger partial charge in [-0.2, -0.15) is 13.2 Å². The molecule has 0 fully saturated rings. The summed E-state index contributed by atoms with van der Waals surface area (Å²) < 4.78 is 43.6. The number of nitrogens with zero attached hydrogens (tertiary/aromatic N) is 3. The number of alkyl halides is 3. The van der Waals surface area contributed by atoms with Crippen molar-refractivity contribution in [3.63, 3.8) is 0 Å². The van der Waals surface area contributed by atoms with Gasteiger partial charge in [0.2, 0.25) is 5.82 Å². The Labute approximate surface area is 119 Å². The van der Waals surface area contributed by atoms with Crippen LogP contribution in [0.2, 0.25) is 0 Å². The molecule has 0 atom stereocenters. The van der Waals surface area contributed by atoms with Gasteiger partial charge < -0.3 is 10.1 Å². The van der Waals surface area contributed by atoms with Gasteiger partial charge in [0.25, 0.3) is 0 Å². The Morgan fingerprint density at radius 3 is 2.57 bits per heavy atom. The van der Waals surface area contributed by atoms with E-state index >= 15 is 0 Å². The molecule has 0 aliphatic rings. The molecule has 2 heterocycles. The smallest absolute Gasteiger partial charge is 0.451 e. The molecule has 1 N–H and O–H groups in total. The van der Waals surface area contributed by atoms with E-state index in [4.69, 9.17) is 4.74 Å². The second kappa shape index (κ2) is 5.94. The first kappa shape index (κ1) is 15.0. The molecule has 0 aliphatic heterocycles. The van der Waals surface area contributed by atoms with Crippen molar-refractivity contribution in [1.82, 2.24) is 15.0 Å². The van der Waals surface area contributed by atoms with Crippen LogP contribution in [0.5, 0.6) is 5.75 Å². The zero-order valence-corrected chi connectivity index (χ0v) is 11.4. The number of hydrogen-bond donors (Lipinski definition) is 1. The molecule has 0 saturated carbocycles. The molecule has 5 nitrogen and oxygen atoms in total. The number of halogens is 3. The van der Waals surface area contributed by atoms with Crippen LogP contribution in [-0.4, -0.2) is 28.6 Å². The van der Waals surface area contributed by atoms with Crippen LogP contribution in [0.15, 0.2) is 24.5 Å². The van der Waals surface area contributed by atoms with Crippen LogP contribution in [0.3, 0.4) is 0 Å². The zero-order chi connectivity index (χ0) is 15.5. The topological polar surface area (TPSA) is 59.9 Å². The van der Waals surface area contributed by atoms with Crippen molar-refractivity contribution < 1.29 is 17.9 Å². The lowest BCUT2D eigenvalue weighted by Gasteiger charge is -2.11. The van der Waals surface area contributed by atoms with Gasteiger partial charge in [-0.05, 0) is 13.0 Å². The van der Waals surface area contributed by atoms with E-state index in [0.717, 1.165) is 0 Å². The lowest BCUT2D eigenvalue weighted by molar-refractivity contribution is -0.144. The maximum atomic E-state index is 12.9. The second-order valence-electron chi connectivity index (χ2n) is 4.10. The summed E-state index contributed by atoms with van der Waals surface area (Å²) in [7, 11) is 1.45. The molecule has 0 unspecified atom stereocenters. The highest BCUT2D eigenvalue weighted by atomic mass is 19.4. The predicted octanol–water partition coefficient (Wildman–Crippen LogP) is 3.00. The molecule has 0 saturated heterocycles. The van der Waals surface area contributed by atoms with Gasteiger partial charge in [0.15, 0.2) is 0 Å². The van der Waals surface area contributed by atoms with Crippen molar-refractivity contribution in [2.24, 2.45) is 0 Å². The zero-order valence-electron chi connectivity index (χ0n) is 11.4. The maximum Gasteiger partial charge on any atom is 0.451 e. The molecule has 2 rings (SSSR count). The molecule has 0 amide bonds. The fourth-order valence-electron chi connectivity index (χ4n) is 1.66. The Kier molecular flexibility index (Phi) is 4.25. The molecular formula is C13H13F3N4O. The molecule has 0 spiro atoms. The minimum atomic E-state index is -4.62. The Morgan fingerprint density at radius 2 is 1.95 bits per heavy atom. The SMILES string of the molecule is CCNc1cc(-c2cncc(OC)c2)nc(C(F)(F)F)n1. The van der Waals surface area contributed by atoms with Crippen molar-refractivity contribution in [3.05, 3.63) is 30.4 Å². The molecule has 2 aromatic heterocycles. The van der Waals surface area contributed by atoms with Gasteiger partial charge in [0, 0.05) is 24.4 Å². The van der Waals surface area contributed by atoms with E-state index in [1.54, 1.807) is 13.0 Å². The first-order valence-electron chi connectivity index (χ1n) is 6.13. The van der Waals surface area contributed by atoms with Crippen molar-refractivity contribution in [2.75, 3.05) is 19.0 Å². The molecule has 21 heavy (non-hydrogen) atoms. The molecule has 0 aliphatic carbocycles. The fraction of sp³-hybridized carbons (Fsp3) is 0.308. The molecule has 8 heteroatoms. The lowest BCUT2D eigenvalue weighted by atomic mass is 10.2. The normalized spacial score (nSPS) is 11.3. The minimum absolute atomic E-state index is 0.109. The highest BCUT2D eigenvalue weighted by molar-refractivity contribution is 5.63. The average Bonchev–Trinajstić information content (AvgIpc) is 2.46. The number of methoxy groups -OCH3 is 1. The largest absolute Gasteiger partial charge is 0.495 e. The molecule has 0 bridgehead atoms. The van der Waals surface area contributed by atoms with E-state index in [2.05, 4.69) is 20.3 Å². The summed E-state index contributed by atoms with van der Waals surface area (Å²) in [4.78, 5) is 10.9. The first-order valence-corrected chi connectivity index (χ1v) is 6.13. The number of nitrogens with one attached hydrogen (secondary N) is 1. The minimum Gasteiger partial charge on any atom is -0.495 e. The van der Waals surface area contributed by atoms with Crippen molar-refractivity contribution >= 4 is 5.82 Å². The maximum absolute atomic E-state index is 12.9. The number of hydrogen-bond acceptors (Lipinski definition) is 5. The van der Waals surface area contributed by atoms with Crippen LogP contribution in [0.25, 0.3) is 11.3 Å². The average molecular weight is 298 g/mol. The Hall–Kier alpha value is -2.38. The lowest BCUT2D eigenvalue weighted by Crippen LogP contribution is -2.13. The van der Waals surface area contributed by atoms with Crippen molar-refractivity contribution in [2.45, 2.75) is 13.1 Å². The van der Waals surface area contributed by atoms with Gasteiger partial charge in [-0.25, -0.2) is 9.97 Å². The Morgan fingerprint density at radius 1 is 1.19 bits per heavy atom. The number of ether oxygens (including phenoxy) is 1. The Bertz CT molecular complexity index is 631. The quantitative estimate of drug-likeness (QED) is 0.940. The van der Waals surface area contributed by atoms with Gasteiger partial charge in [-0.15, -0.1) is 0 Å². The third kappa shape index (κ3) is 3.59. The summed E-state index contributed by atoms with van der Waals surface area (Å²) in [6.07, 6.45) is -1.74. The monoisotopic (exact) mass is 298 g/mol. The summed E-state index contributed by atoms with van der Waals surface area (Å²) in [6, 6.07) is 3.00. The van der Waals surface area contributed by atoms with Gasteiger partial charge in [0.05, 0.1) is 19.0 Å². The van der Waals surface area contributed by atoms with Crippen LogP contribution in [0, 0.1) is 0 Å². The second-order valence-corrected chi connectivity index (χ2v) is 4.10. The summed E-state index contributed by atoms with van der Waals surface area (Å²) in [5.74, 6) is -0.652. The number of rotatable bonds is 4. The van der Waals surface area contributed by atoms with Crippen LogP contribution >= 0.6 is 0 Å². The van der Waals surface area contributed by atoms with Crippen LogP contribution < -0.4 is 10.1 Å². The van der Waals surface area contributed by atoms with Crippen LogP contribution in [0.4, 0.5) is 19.0 Å². The van der Waals surface area contributed by atoms with Gasteiger partial charge in [-0.3, -0.25) is 4.98 Å². The van der Waals surface area contributed by atoms with Gasteiger partial charge in [0.1, 0.15) is 11.6 Å². The van der Waals surface area contributed by atoms with E-state index in [1.807, 2.05) is 0 Å². The summed E-state index contributed by atoms with van der Waals surface area (Å²) in [5.41, 5.74) is 0.543. The number of pyridine rings is 1. The van der Waals surface area contributed by atoms with Gasteiger partial charge in [-0.1, -0.05) is 0 Å². The molecule has 0 radical (unpaired) electrons. The molecule has 112 valence electrons. The van der Waals surface area contributed by atoms with E-state index < -0.39 is 12.0 Å². The molecule has 2 aromatic rings. The summed E-state index contributed by atoms with van der Waals surface area (Å²) in [6.45, 7) is 2.21. The predicted molar refractivity (Wildman–Crippen MR) is 71.0 cm³/mol. The highest BCUT2D eigenvalue weighted by Crippen LogP contribution is 2.30. The van der Waals surface area contributed by atoms with Crippen molar-refractivity contribution in [1.29, 1.82) is 0 Å². The van der Waals surface area contributed by atoms with E-state index in [-0.39, 0.29) is 11.5 Å². The standard InChI is InChI=1S/C13H13F3N4O/c1-3-18-11-5-10(19-12(20-11)13(14,15)16)8-4-9(21-2)7-17-6-8/h4-7H,3H2,1-2H3,(H,18,19,20). The first-order chi connectivity index (χ1) is 9.94. The highest BCUT2D eigenvalue weighted by Gasteiger charge is 2.35. The third-order valence-corrected chi connectivity index (χ3v) is 2.58. The molecule has 0 aromatic carbocycles. The van der Waals surface area contributed by atoms with E-state index in [9.17, 15) is 13.2 Å². The van der Waals surface area contributed by atoms with E-state index in [0.29, 0.717) is 17.9 Å². The third-order valence-electron chi connectivity index (χ3n) is 2.58. The van der Waals surface area contributed by atoms with Crippen molar-refractivity contribution in [3.8, 4) is 17.0 Å². The van der Waals surface area contributed by atoms with Crippen LogP contribution in [0.1, 0.15) is 12.7 Å².